The molecule has 0 radical (unpaired) electrons. The van der Waals surface area contributed by atoms with E-state index in [1.165, 1.54) is 16.7 Å². The molecule has 31 heavy (non-hydrogen) atoms. The number of fused-ring (bicyclic) bond motifs is 1. The number of benzene rings is 2. The molecule has 1 N–H and O–H groups in total. The summed E-state index contributed by atoms with van der Waals surface area (Å²) in [7, 11) is 4.65. The van der Waals surface area contributed by atoms with Crippen molar-refractivity contribution in [1.29, 1.82) is 5.26 Å². The summed E-state index contributed by atoms with van der Waals surface area (Å²) in [4.78, 5) is 14.7. The molecule has 0 bridgehead atoms. The second kappa shape index (κ2) is 8.17. The van der Waals surface area contributed by atoms with Crippen molar-refractivity contribution in [3.05, 3.63) is 64.2 Å². The van der Waals surface area contributed by atoms with Gasteiger partial charge in [-0.05, 0) is 30.3 Å². The van der Waals surface area contributed by atoms with Gasteiger partial charge in [0.05, 0.1) is 43.8 Å². The fourth-order valence-corrected chi connectivity index (χ4v) is 5.45. The standard InChI is InChI=1S/C23H22N2O5S/c1-28-15-6-4-5-14(9-15)23(27)13-31-22-19(12-24)17(11-21(26)25(22)23)18-10-16(29-2)7-8-20(18)30-3/h4-10,17,27H,11,13H2,1-3H3/t17-,23+/m0/s1. The van der Waals surface area contributed by atoms with E-state index >= 15 is 0 Å². The first-order valence-corrected chi connectivity index (χ1v) is 10.6. The zero-order chi connectivity index (χ0) is 22.2. The Morgan fingerprint density at radius 2 is 1.87 bits per heavy atom. The van der Waals surface area contributed by atoms with Crippen LogP contribution >= 0.6 is 11.8 Å². The maximum absolute atomic E-state index is 13.3. The molecule has 1 fully saturated rings. The molecule has 2 aliphatic heterocycles. The zero-order valence-corrected chi connectivity index (χ0v) is 18.2. The fourth-order valence-electron chi connectivity index (χ4n) is 4.09. The summed E-state index contributed by atoms with van der Waals surface area (Å²) in [6, 6.07) is 14.6. The van der Waals surface area contributed by atoms with Gasteiger partial charge in [-0.15, -0.1) is 11.8 Å². The van der Waals surface area contributed by atoms with Crippen LogP contribution in [0.1, 0.15) is 23.5 Å². The van der Waals surface area contributed by atoms with Crippen LogP contribution in [0.5, 0.6) is 17.2 Å². The minimum absolute atomic E-state index is 0.0305. The predicted molar refractivity (Wildman–Crippen MR) is 116 cm³/mol. The SMILES string of the molecule is COc1cccc([C@]2(O)CSC3=C(C#N)[C@H](c4cc(OC)ccc4OC)CC(=O)N32)c1. The van der Waals surface area contributed by atoms with Gasteiger partial charge in [-0.1, -0.05) is 12.1 Å². The number of carbonyl (C=O) groups excluding carboxylic acids is 1. The molecule has 2 aromatic carbocycles. The van der Waals surface area contributed by atoms with Crippen molar-refractivity contribution >= 4 is 17.7 Å². The first-order chi connectivity index (χ1) is 15.0. The van der Waals surface area contributed by atoms with Crippen molar-refractivity contribution < 1.29 is 24.1 Å². The minimum atomic E-state index is -1.56. The molecule has 7 nitrogen and oxygen atoms in total. The van der Waals surface area contributed by atoms with E-state index in [0.717, 1.165) is 0 Å². The summed E-state index contributed by atoms with van der Waals surface area (Å²) < 4.78 is 16.1. The third kappa shape index (κ3) is 3.40. The molecule has 4 rings (SSSR count). The third-order valence-corrected chi connectivity index (χ3v) is 6.88. The molecule has 2 aromatic rings. The van der Waals surface area contributed by atoms with E-state index in [-0.39, 0.29) is 18.1 Å². The number of amides is 1. The lowest BCUT2D eigenvalue weighted by Gasteiger charge is -2.38. The van der Waals surface area contributed by atoms with Gasteiger partial charge in [-0.25, -0.2) is 0 Å². The molecule has 160 valence electrons. The van der Waals surface area contributed by atoms with Gasteiger partial charge >= 0.3 is 0 Å². The van der Waals surface area contributed by atoms with Gasteiger partial charge in [0.2, 0.25) is 5.91 Å². The van der Waals surface area contributed by atoms with Crippen LogP contribution in [-0.4, -0.2) is 43.0 Å². The van der Waals surface area contributed by atoms with Crippen molar-refractivity contribution in [2.24, 2.45) is 0 Å². The highest BCUT2D eigenvalue weighted by atomic mass is 32.2. The Morgan fingerprint density at radius 3 is 2.55 bits per heavy atom. The predicted octanol–water partition coefficient (Wildman–Crippen LogP) is 3.36. The lowest BCUT2D eigenvalue weighted by atomic mass is 9.84. The van der Waals surface area contributed by atoms with E-state index in [1.807, 2.05) is 0 Å². The van der Waals surface area contributed by atoms with Crippen LogP contribution in [-0.2, 0) is 10.5 Å². The van der Waals surface area contributed by atoms with Crippen molar-refractivity contribution in [3.63, 3.8) is 0 Å². The van der Waals surface area contributed by atoms with Crippen LogP contribution in [0.3, 0.4) is 0 Å². The Morgan fingerprint density at radius 1 is 1.13 bits per heavy atom. The summed E-state index contributed by atoms with van der Waals surface area (Å²) >= 11 is 1.30. The lowest BCUT2D eigenvalue weighted by Crippen LogP contribution is -2.48. The highest BCUT2D eigenvalue weighted by molar-refractivity contribution is 8.03. The molecule has 0 unspecified atom stereocenters. The smallest absolute Gasteiger partial charge is 0.231 e. The fraction of sp³-hybridized carbons (Fsp3) is 0.304. The Kier molecular flexibility index (Phi) is 5.56. The lowest BCUT2D eigenvalue weighted by molar-refractivity contribution is -0.149. The third-order valence-electron chi connectivity index (χ3n) is 5.65. The summed E-state index contributed by atoms with van der Waals surface area (Å²) in [5.74, 6) is 1.23. The number of hydrogen-bond donors (Lipinski definition) is 1. The molecule has 8 heteroatoms. The van der Waals surface area contributed by atoms with Gasteiger partial charge in [-0.3, -0.25) is 9.69 Å². The Bertz CT molecular complexity index is 1110. The zero-order valence-electron chi connectivity index (χ0n) is 17.4. The monoisotopic (exact) mass is 438 g/mol. The summed E-state index contributed by atoms with van der Waals surface area (Å²) in [5.41, 5.74) is 0.112. The molecule has 2 heterocycles. The molecule has 0 aromatic heterocycles. The summed E-state index contributed by atoms with van der Waals surface area (Å²) in [6.07, 6.45) is 0.0305. The number of rotatable bonds is 5. The van der Waals surface area contributed by atoms with Crippen LogP contribution in [0.25, 0.3) is 0 Å². The molecule has 0 aliphatic carbocycles. The van der Waals surface area contributed by atoms with Gasteiger partial charge in [0.1, 0.15) is 17.2 Å². The van der Waals surface area contributed by atoms with Crippen molar-refractivity contribution in [2.45, 2.75) is 18.1 Å². The van der Waals surface area contributed by atoms with Gasteiger partial charge < -0.3 is 19.3 Å². The highest BCUT2D eigenvalue weighted by Crippen LogP contribution is 2.53. The summed E-state index contributed by atoms with van der Waals surface area (Å²) in [5, 5.41) is 22.0. The second-order valence-electron chi connectivity index (χ2n) is 7.26. The average Bonchev–Trinajstić information content (AvgIpc) is 3.17. The van der Waals surface area contributed by atoms with E-state index in [4.69, 9.17) is 14.2 Å². The van der Waals surface area contributed by atoms with Gasteiger partial charge in [-0.2, -0.15) is 5.26 Å². The second-order valence-corrected chi connectivity index (χ2v) is 8.23. The summed E-state index contributed by atoms with van der Waals surface area (Å²) in [6.45, 7) is 0. The number of thioether (sulfide) groups is 1. The van der Waals surface area contributed by atoms with Gasteiger partial charge in [0.25, 0.3) is 0 Å². The van der Waals surface area contributed by atoms with Crippen molar-refractivity contribution in [3.8, 4) is 23.3 Å². The van der Waals surface area contributed by atoms with Crippen LogP contribution in [0.4, 0.5) is 0 Å². The maximum atomic E-state index is 13.3. The molecule has 1 amide bonds. The van der Waals surface area contributed by atoms with Crippen LogP contribution in [0, 0.1) is 11.3 Å². The Balaban J connectivity index is 1.83. The first-order valence-electron chi connectivity index (χ1n) is 9.65. The average molecular weight is 439 g/mol. The highest BCUT2D eigenvalue weighted by Gasteiger charge is 2.52. The maximum Gasteiger partial charge on any atom is 0.231 e. The van der Waals surface area contributed by atoms with E-state index in [9.17, 15) is 15.2 Å². The topological polar surface area (TPSA) is 92.0 Å². The Hall–Kier alpha value is -3.15. The van der Waals surface area contributed by atoms with Crippen molar-refractivity contribution in [2.75, 3.05) is 27.1 Å². The van der Waals surface area contributed by atoms with E-state index in [2.05, 4.69) is 6.07 Å². The normalized spacial score (nSPS) is 22.7. The van der Waals surface area contributed by atoms with E-state index in [1.54, 1.807) is 63.8 Å². The number of hydrogen-bond acceptors (Lipinski definition) is 7. The molecule has 2 aliphatic rings. The quantitative estimate of drug-likeness (QED) is 0.765. The van der Waals surface area contributed by atoms with Crippen molar-refractivity contribution in [1.82, 2.24) is 4.90 Å². The van der Waals surface area contributed by atoms with Gasteiger partial charge in [0, 0.05) is 23.5 Å². The number of ether oxygens (including phenoxy) is 3. The largest absolute Gasteiger partial charge is 0.497 e. The number of carbonyl (C=O) groups is 1. The molecular weight excluding hydrogens is 416 g/mol. The molecule has 0 saturated carbocycles. The van der Waals surface area contributed by atoms with Crippen LogP contribution < -0.4 is 14.2 Å². The number of nitriles is 1. The number of methoxy groups -OCH3 is 3. The molecule has 2 atom stereocenters. The number of allylic oxidation sites excluding steroid dienone is 1. The molecule has 0 spiro atoms. The first kappa shape index (κ1) is 21.1. The molecule has 1 saturated heterocycles. The Labute approximate surface area is 184 Å². The number of aliphatic hydroxyl groups is 1. The molecular formula is C23H22N2O5S. The van der Waals surface area contributed by atoms with E-state index < -0.39 is 11.6 Å². The van der Waals surface area contributed by atoms with Crippen LogP contribution in [0.15, 0.2) is 53.1 Å². The van der Waals surface area contributed by atoms with Gasteiger partial charge in [0.15, 0.2) is 5.72 Å². The van der Waals surface area contributed by atoms with Crippen LogP contribution in [0.2, 0.25) is 0 Å². The minimum Gasteiger partial charge on any atom is -0.497 e. The van der Waals surface area contributed by atoms with E-state index in [0.29, 0.717) is 39.0 Å². The number of nitrogens with zero attached hydrogens (tertiary/aromatic N) is 2.